The van der Waals surface area contributed by atoms with Gasteiger partial charge >= 0.3 is 34.2 Å². The number of hydrogen-bond donors (Lipinski definition) is 0. The fraction of sp³-hybridized carbons (Fsp3) is 0.833. The molecule has 0 aromatic heterocycles. The summed E-state index contributed by atoms with van der Waals surface area (Å²) in [5, 5.41) is 0. The Morgan fingerprint density at radius 1 is 0.500 bits per heavy atom. The molecule has 7 nitrogen and oxygen atoms in total. The molecule has 0 bridgehead atoms. The van der Waals surface area contributed by atoms with Crippen molar-refractivity contribution in [1.82, 2.24) is 0 Å². The molecule has 0 aliphatic carbocycles. The highest BCUT2D eigenvalue weighted by atomic mass is 32.2. The lowest BCUT2D eigenvalue weighted by Crippen LogP contribution is -2.71. The van der Waals surface area contributed by atoms with Crippen LogP contribution in [0.5, 0.6) is 0 Å². The number of fused-ring (bicyclic) bond motifs is 3. The Balaban J connectivity index is 1.99. The summed E-state index contributed by atoms with van der Waals surface area (Å²) < 4.78 is 52.9. The monoisotopic (exact) mass is 756 g/mol. The maximum absolute atomic E-state index is 7.75. The van der Waals surface area contributed by atoms with Gasteiger partial charge in [0, 0.05) is 4.90 Å². The summed E-state index contributed by atoms with van der Waals surface area (Å²) in [6.45, 7) is 36.9. The van der Waals surface area contributed by atoms with Crippen LogP contribution < -0.4 is 0 Å². The molecule has 0 unspecified atom stereocenters. The highest BCUT2D eigenvalue weighted by molar-refractivity contribution is 7.99. The molecule has 0 radical (unpaired) electrons. The molecule has 3 heterocycles. The second kappa shape index (κ2) is 15.6. The van der Waals surface area contributed by atoms with Gasteiger partial charge in [-0.2, -0.15) is 0 Å². The Morgan fingerprint density at radius 3 is 1.29 bits per heavy atom. The summed E-state index contributed by atoms with van der Waals surface area (Å²) in [5.41, 5.74) is 1.44. The molecule has 5 atom stereocenters. The molecular formula is C36H68O7SSi4. The van der Waals surface area contributed by atoms with Gasteiger partial charge in [-0.25, -0.2) is 0 Å². The molecule has 0 amide bonds. The summed E-state index contributed by atoms with van der Waals surface area (Å²) in [6, 6.07) is 10.6. The van der Waals surface area contributed by atoms with Crippen molar-refractivity contribution >= 4 is 46.0 Å². The quantitative estimate of drug-likeness (QED) is 0.219. The van der Waals surface area contributed by atoms with E-state index in [1.807, 2.05) is 0 Å². The van der Waals surface area contributed by atoms with Crippen LogP contribution in [-0.4, -0.2) is 70.7 Å². The van der Waals surface area contributed by atoms with Crippen molar-refractivity contribution < 1.29 is 30.7 Å². The van der Waals surface area contributed by atoms with Crippen LogP contribution in [0.2, 0.25) is 44.3 Å². The third kappa shape index (κ3) is 7.35. The molecule has 1 aromatic rings. The van der Waals surface area contributed by atoms with Gasteiger partial charge in [0.1, 0.15) is 29.9 Å². The van der Waals surface area contributed by atoms with E-state index < -0.39 is 46.5 Å². The molecule has 48 heavy (non-hydrogen) atoms. The molecule has 3 aliphatic rings. The van der Waals surface area contributed by atoms with Gasteiger partial charge < -0.3 is 30.7 Å². The Kier molecular flexibility index (Phi) is 13.3. The van der Waals surface area contributed by atoms with Gasteiger partial charge in [-0.1, -0.05) is 141 Å². The van der Waals surface area contributed by atoms with E-state index in [1.54, 1.807) is 11.8 Å². The maximum atomic E-state index is 7.75. The van der Waals surface area contributed by atoms with Crippen molar-refractivity contribution in [2.45, 2.75) is 190 Å². The number of hydrogen-bond acceptors (Lipinski definition) is 8. The van der Waals surface area contributed by atoms with Gasteiger partial charge in [0.05, 0.1) is 6.61 Å². The molecule has 0 N–H and O–H groups in total. The Labute approximate surface area is 302 Å². The SMILES string of the molecule is CC(C)[Si]1(C(C)C)OC[C@H]2O[C@@H](Sc3ccccc3)[C@@H]3O[Si](C(C)C)(C(C)C)O[Si](C(C)C)(C(C)C)O[C@H]3[C@@H]2O[Si](C(C)C)(C(C)C)O1. The first-order valence-electron chi connectivity index (χ1n) is 18.7. The van der Waals surface area contributed by atoms with Crippen molar-refractivity contribution in [3.05, 3.63) is 30.3 Å². The topological polar surface area (TPSA) is 64.6 Å². The van der Waals surface area contributed by atoms with Gasteiger partial charge in [-0.15, -0.1) is 0 Å². The third-order valence-electron chi connectivity index (χ3n) is 11.1. The van der Waals surface area contributed by atoms with Gasteiger partial charge in [-0.3, -0.25) is 0 Å². The minimum Gasteiger partial charge on any atom is -0.414 e. The summed E-state index contributed by atoms with van der Waals surface area (Å²) >= 11 is 1.73. The molecule has 0 saturated carbocycles. The highest BCUT2D eigenvalue weighted by Gasteiger charge is 2.67. The summed E-state index contributed by atoms with van der Waals surface area (Å²) in [7, 11) is -11.5. The minimum absolute atomic E-state index is 0.194. The van der Waals surface area contributed by atoms with Gasteiger partial charge in [0.25, 0.3) is 0 Å². The largest absolute Gasteiger partial charge is 0.414 e. The fourth-order valence-corrected chi connectivity index (χ4v) is 32.1. The van der Waals surface area contributed by atoms with E-state index >= 15 is 0 Å². The first-order valence-corrected chi connectivity index (χ1v) is 27.5. The smallest absolute Gasteiger partial charge is 0.335 e. The average Bonchev–Trinajstić information content (AvgIpc) is 3.16. The first-order chi connectivity index (χ1) is 22.3. The molecule has 4 rings (SSSR count). The van der Waals surface area contributed by atoms with Crippen LogP contribution in [0.25, 0.3) is 0 Å². The Morgan fingerprint density at radius 2 is 0.875 bits per heavy atom. The minimum atomic E-state index is -2.96. The highest BCUT2D eigenvalue weighted by Crippen LogP contribution is 2.54. The average molecular weight is 757 g/mol. The molecule has 3 fully saturated rings. The van der Waals surface area contributed by atoms with Gasteiger partial charge in [0.2, 0.25) is 0 Å². The summed E-state index contributed by atoms with van der Waals surface area (Å²) in [5.74, 6) is 0. The lowest BCUT2D eigenvalue weighted by molar-refractivity contribution is -0.198. The molecule has 276 valence electrons. The molecule has 1 aromatic carbocycles. The Bertz CT molecular complexity index is 1150. The fourth-order valence-electron chi connectivity index (χ4n) is 8.35. The molecule has 12 heteroatoms. The van der Waals surface area contributed by atoms with E-state index in [4.69, 9.17) is 30.7 Å². The molecule has 3 aliphatic heterocycles. The lowest BCUT2D eigenvalue weighted by Gasteiger charge is -2.56. The van der Waals surface area contributed by atoms with Crippen LogP contribution in [0.4, 0.5) is 0 Å². The van der Waals surface area contributed by atoms with Crippen molar-refractivity contribution in [2.75, 3.05) is 6.61 Å². The van der Waals surface area contributed by atoms with Crippen molar-refractivity contribution in [3.8, 4) is 0 Å². The van der Waals surface area contributed by atoms with Gasteiger partial charge in [-0.05, 0) is 56.5 Å². The standard InChI is InChI=1S/C36H68O7SSi4/c1-23(2)45(24(3)4)37-22-32-33(39-46(42-45,25(5)6)26(7)8)34-35(36(38-32)44-31-20-18-17-19-21-31)41-48(29(13)14,30(15)16)43-47(40-34,27(9)10)28(11)12/h17-21,23-30,32-36H,22H2,1-16H3/t32-,33-,34+,35-,36+/m1/s1. The van der Waals surface area contributed by atoms with E-state index in [-0.39, 0.29) is 62.0 Å². The van der Waals surface area contributed by atoms with Crippen LogP contribution in [-0.2, 0) is 30.7 Å². The van der Waals surface area contributed by atoms with Crippen LogP contribution in [0.3, 0.4) is 0 Å². The Hall–Kier alpha value is 0.158. The zero-order valence-corrected chi connectivity index (χ0v) is 37.7. The summed E-state index contributed by atoms with van der Waals surface area (Å²) in [6.07, 6.45) is -1.53. The van der Waals surface area contributed by atoms with Crippen molar-refractivity contribution in [2.24, 2.45) is 0 Å². The van der Waals surface area contributed by atoms with Crippen LogP contribution in [0.1, 0.15) is 111 Å². The maximum Gasteiger partial charge on any atom is 0.335 e. The number of rotatable bonds is 10. The van der Waals surface area contributed by atoms with Crippen molar-refractivity contribution in [3.63, 3.8) is 0 Å². The molecule has 0 spiro atoms. The predicted molar refractivity (Wildman–Crippen MR) is 208 cm³/mol. The van der Waals surface area contributed by atoms with E-state index in [0.29, 0.717) is 6.61 Å². The van der Waals surface area contributed by atoms with E-state index in [1.165, 1.54) is 0 Å². The summed E-state index contributed by atoms with van der Waals surface area (Å²) in [4.78, 5) is 1.14. The van der Waals surface area contributed by atoms with Gasteiger partial charge in [0.15, 0.2) is 0 Å². The number of benzene rings is 1. The van der Waals surface area contributed by atoms with E-state index in [0.717, 1.165) is 4.90 Å². The van der Waals surface area contributed by atoms with Crippen LogP contribution in [0, 0.1) is 0 Å². The second-order valence-electron chi connectivity index (χ2n) is 16.9. The van der Waals surface area contributed by atoms with E-state index in [9.17, 15) is 0 Å². The second-order valence-corrected chi connectivity index (χ2v) is 35.7. The zero-order chi connectivity index (χ0) is 36.0. The zero-order valence-electron chi connectivity index (χ0n) is 32.9. The van der Waals surface area contributed by atoms with Crippen LogP contribution in [0.15, 0.2) is 35.2 Å². The lowest BCUT2D eigenvalue weighted by atomic mass is 10.0. The predicted octanol–water partition coefficient (Wildman–Crippen LogP) is 10.8. The normalized spacial score (nSPS) is 30.2. The molecular weight excluding hydrogens is 689 g/mol. The first kappa shape index (κ1) is 40.9. The number of thioether (sulfide) groups is 1. The number of ether oxygens (including phenoxy) is 1. The van der Waals surface area contributed by atoms with Crippen LogP contribution >= 0.6 is 11.8 Å². The van der Waals surface area contributed by atoms with Crippen molar-refractivity contribution in [1.29, 1.82) is 0 Å². The van der Waals surface area contributed by atoms with E-state index in [2.05, 4.69) is 141 Å². The molecule has 3 saturated heterocycles. The third-order valence-corrected chi connectivity index (χ3v) is 32.8.